The molecule has 3 N–H and O–H groups in total. The Bertz CT molecular complexity index is 396. The zero-order valence-electron chi connectivity index (χ0n) is 8.88. The predicted octanol–water partition coefficient (Wildman–Crippen LogP) is 1.27. The molecule has 0 radical (unpaired) electrons. The summed E-state index contributed by atoms with van der Waals surface area (Å²) in [6.07, 6.45) is -0.267. The van der Waals surface area contributed by atoms with Crippen LogP contribution in [0.4, 0.5) is 0 Å². The van der Waals surface area contributed by atoms with Crippen LogP contribution in [0.2, 0.25) is 0 Å². The normalized spacial score (nSPS) is 13.8. The van der Waals surface area contributed by atoms with Gasteiger partial charge in [0, 0.05) is 5.92 Å². The molecule has 0 amide bonds. The first-order valence-corrected chi connectivity index (χ1v) is 5.22. The maximum atomic E-state index is 11.2. The van der Waals surface area contributed by atoms with Gasteiger partial charge in [-0.15, -0.1) is 0 Å². The number of carboxylic acid groups (broad SMARTS) is 1. The Hall–Kier alpha value is -1.59. The number of halogens is 1. The number of carboxylic acids is 1. The summed E-state index contributed by atoms with van der Waals surface area (Å²) in [5.41, 5.74) is 6.29. The first-order valence-electron chi connectivity index (χ1n) is 4.91. The average molecular weight is 258 g/mol. The highest BCUT2D eigenvalue weighted by Gasteiger charge is 2.29. The minimum Gasteiger partial charge on any atom is -0.481 e. The molecule has 0 aliphatic heterocycles. The van der Waals surface area contributed by atoms with Crippen molar-refractivity contribution in [1.82, 2.24) is 0 Å². The van der Waals surface area contributed by atoms with Crippen molar-refractivity contribution in [2.45, 2.75) is 18.4 Å². The lowest BCUT2D eigenvalue weighted by molar-refractivity contribution is -0.139. The summed E-state index contributed by atoms with van der Waals surface area (Å²) >= 11 is 4.94. The molecule has 1 rings (SSSR count). The summed E-state index contributed by atoms with van der Waals surface area (Å²) in [6.45, 7) is 0. The Kier molecular flexibility index (Phi) is 4.93. The minimum absolute atomic E-state index is 0.267. The molecule has 0 spiro atoms. The molecule has 0 aromatic heterocycles. The van der Waals surface area contributed by atoms with Crippen molar-refractivity contribution in [2.75, 3.05) is 0 Å². The van der Waals surface area contributed by atoms with Gasteiger partial charge in [-0.2, -0.15) is 0 Å². The van der Waals surface area contributed by atoms with Crippen molar-refractivity contribution in [1.29, 1.82) is 0 Å². The lowest BCUT2D eigenvalue weighted by Crippen LogP contribution is -2.38. The maximum Gasteiger partial charge on any atom is 0.341 e. The standard InChI is InChI=1S/C11H12ClNO4/c12-17-11(16)10(13)8(6-9(14)15)7-4-2-1-3-5-7/h1-5,8,10H,6,13H2,(H,14,15). The van der Waals surface area contributed by atoms with Crippen LogP contribution < -0.4 is 5.73 Å². The highest BCUT2D eigenvalue weighted by atomic mass is 35.5. The zero-order valence-corrected chi connectivity index (χ0v) is 9.63. The van der Waals surface area contributed by atoms with Gasteiger partial charge in [0.25, 0.3) is 0 Å². The third-order valence-corrected chi connectivity index (χ3v) is 2.56. The van der Waals surface area contributed by atoms with Gasteiger partial charge in [0.1, 0.15) is 17.9 Å². The number of aliphatic carboxylic acids is 1. The number of hydrogen-bond acceptors (Lipinski definition) is 4. The van der Waals surface area contributed by atoms with Gasteiger partial charge in [-0.3, -0.25) is 4.79 Å². The van der Waals surface area contributed by atoms with Crippen LogP contribution in [0, 0.1) is 0 Å². The Morgan fingerprint density at radius 2 is 1.94 bits per heavy atom. The summed E-state index contributed by atoms with van der Waals surface area (Å²) < 4.78 is 4.01. The van der Waals surface area contributed by atoms with Crippen molar-refractivity contribution >= 4 is 23.8 Å². The first-order chi connectivity index (χ1) is 8.06. The number of benzene rings is 1. The van der Waals surface area contributed by atoms with Gasteiger partial charge >= 0.3 is 11.9 Å². The van der Waals surface area contributed by atoms with Crippen molar-refractivity contribution in [3.8, 4) is 0 Å². The van der Waals surface area contributed by atoms with E-state index in [1.165, 1.54) is 0 Å². The van der Waals surface area contributed by atoms with E-state index in [1.807, 2.05) is 0 Å². The third-order valence-electron chi connectivity index (χ3n) is 2.40. The summed E-state index contributed by atoms with van der Waals surface area (Å²) in [5, 5.41) is 8.81. The summed E-state index contributed by atoms with van der Waals surface area (Å²) in [6, 6.07) is 7.56. The molecule has 0 fully saturated rings. The Morgan fingerprint density at radius 1 is 1.35 bits per heavy atom. The molecule has 0 heterocycles. The van der Waals surface area contributed by atoms with E-state index in [2.05, 4.69) is 4.29 Å². The average Bonchev–Trinajstić information content (AvgIpc) is 2.35. The number of nitrogens with two attached hydrogens (primary N) is 1. The van der Waals surface area contributed by atoms with Crippen LogP contribution >= 0.6 is 11.9 Å². The van der Waals surface area contributed by atoms with E-state index in [9.17, 15) is 9.59 Å². The van der Waals surface area contributed by atoms with E-state index in [0.29, 0.717) is 5.56 Å². The predicted molar refractivity (Wildman–Crippen MR) is 61.4 cm³/mol. The minimum atomic E-state index is -1.11. The van der Waals surface area contributed by atoms with Crippen LogP contribution in [0.1, 0.15) is 17.9 Å². The lowest BCUT2D eigenvalue weighted by Gasteiger charge is -2.19. The van der Waals surface area contributed by atoms with Gasteiger partial charge in [0.15, 0.2) is 0 Å². The Balaban J connectivity index is 2.95. The number of carbonyl (C=O) groups is 2. The molecule has 1 aromatic carbocycles. The van der Waals surface area contributed by atoms with Gasteiger partial charge in [-0.1, -0.05) is 30.3 Å². The van der Waals surface area contributed by atoms with E-state index in [1.54, 1.807) is 30.3 Å². The molecule has 6 heteroatoms. The molecule has 0 bridgehead atoms. The van der Waals surface area contributed by atoms with Crippen LogP contribution in [0.15, 0.2) is 30.3 Å². The molecular weight excluding hydrogens is 246 g/mol. The number of carbonyl (C=O) groups excluding carboxylic acids is 1. The molecule has 92 valence electrons. The molecule has 5 nitrogen and oxygen atoms in total. The Labute approximate surface area is 103 Å². The number of rotatable bonds is 5. The fourth-order valence-electron chi connectivity index (χ4n) is 1.56. The first kappa shape index (κ1) is 13.5. The van der Waals surface area contributed by atoms with Crippen LogP contribution in [0.5, 0.6) is 0 Å². The van der Waals surface area contributed by atoms with Crippen LogP contribution in [0.25, 0.3) is 0 Å². The van der Waals surface area contributed by atoms with Crippen LogP contribution in [0.3, 0.4) is 0 Å². The molecule has 2 unspecified atom stereocenters. The summed E-state index contributed by atoms with van der Waals surface area (Å²) in [4.78, 5) is 22.0. The molecular formula is C11H12ClNO4. The van der Waals surface area contributed by atoms with E-state index in [0.717, 1.165) is 0 Å². The monoisotopic (exact) mass is 257 g/mol. The largest absolute Gasteiger partial charge is 0.481 e. The molecule has 0 aliphatic carbocycles. The molecule has 1 aromatic rings. The van der Waals surface area contributed by atoms with Crippen molar-refractivity contribution in [3.63, 3.8) is 0 Å². The van der Waals surface area contributed by atoms with E-state index in [-0.39, 0.29) is 6.42 Å². The molecule has 0 saturated carbocycles. The summed E-state index contributed by atoms with van der Waals surface area (Å²) in [5.74, 6) is -2.56. The van der Waals surface area contributed by atoms with E-state index >= 15 is 0 Å². The molecule has 2 atom stereocenters. The van der Waals surface area contributed by atoms with Gasteiger partial charge in [-0.25, -0.2) is 4.79 Å². The van der Waals surface area contributed by atoms with Crippen molar-refractivity contribution in [3.05, 3.63) is 35.9 Å². The molecule has 17 heavy (non-hydrogen) atoms. The summed E-state index contributed by atoms with van der Waals surface area (Å²) in [7, 11) is 0. The fourth-order valence-corrected chi connectivity index (χ4v) is 1.66. The highest BCUT2D eigenvalue weighted by Crippen LogP contribution is 2.23. The highest BCUT2D eigenvalue weighted by molar-refractivity contribution is 6.13. The second-order valence-corrected chi connectivity index (χ2v) is 3.69. The van der Waals surface area contributed by atoms with Gasteiger partial charge in [-0.05, 0) is 5.56 Å². The quantitative estimate of drug-likeness (QED) is 0.829. The second kappa shape index (κ2) is 6.22. The van der Waals surface area contributed by atoms with Crippen LogP contribution in [-0.4, -0.2) is 23.1 Å². The van der Waals surface area contributed by atoms with Crippen molar-refractivity contribution in [2.24, 2.45) is 5.73 Å². The third kappa shape index (κ3) is 3.72. The maximum absolute atomic E-state index is 11.2. The van der Waals surface area contributed by atoms with Crippen LogP contribution in [-0.2, 0) is 13.9 Å². The topological polar surface area (TPSA) is 89.6 Å². The van der Waals surface area contributed by atoms with Crippen molar-refractivity contribution < 1.29 is 19.0 Å². The van der Waals surface area contributed by atoms with Gasteiger partial charge in [0.05, 0.1) is 6.42 Å². The second-order valence-electron chi connectivity index (χ2n) is 3.54. The van der Waals surface area contributed by atoms with E-state index < -0.39 is 23.9 Å². The smallest absolute Gasteiger partial charge is 0.341 e. The number of hydrogen-bond donors (Lipinski definition) is 2. The van der Waals surface area contributed by atoms with E-state index in [4.69, 9.17) is 22.7 Å². The SMILES string of the molecule is NC(C(=O)OCl)C(CC(=O)O)c1ccccc1. The van der Waals surface area contributed by atoms with Gasteiger partial charge < -0.3 is 15.1 Å². The fraction of sp³-hybridized carbons (Fsp3) is 0.273. The molecule has 0 aliphatic rings. The lowest BCUT2D eigenvalue weighted by atomic mass is 9.89. The molecule has 0 saturated heterocycles. The van der Waals surface area contributed by atoms with Gasteiger partial charge in [0.2, 0.25) is 0 Å². The zero-order chi connectivity index (χ0) is 12.8. The Morgan fingerprint density at radius 3 is 2.41 bits per heavy atom.